The first-order valence-electron chi connectivity index (χ1n) is 7.89. The first kappa shape index (κ1) is 15.9. The number of urea groups is 1. The van der Waals surface area contributed by atoms with Crippen molar-refractivity contribution in [3.63, 3.8) is 0 Å². The fourth-order valence-electron chi connectivity index (χ4n) is 3.30. The summed E-state index contributed by atoms with van der Waals surface area (Å²) in [5, 5.41) is 2.52. The van der Waals surface area contributed by atoms with Crippen LogP contribution in [0.4, 0.5) is 10.5 Å². The van der Waals surface area contributed by atoms with Crippen LogP contribution in [0.2, 0.25) is 0 Å². The van der Waals surface area contributed by atoms with Gasteiger partial charge in [-0.05, 0) is 12.1 Å². The van der Waals surface area contributed by atoms with Crippen molar-refractivity contribution in [1.29, 1.82) is 0 Å². The third-order valence-electron chi connectivity index (χ3n) is 4.48. The molecule has 1 atom stereocenters. The standard InChI is InChI=1S/C16H15N3O5S/c20-12-5-6-16(19(12)10-3-1-2-4-11(10)25-16)14(22)24-9-13(21)18-8-7-17-15(18)23/h1-4H,5-9H2,(H,17,23)/t16-/m1/s1. The molecule has 2 fully saturated rings. The number of nitrogens with zero attached hydrogens (tertiary/aromatic N) is 2. The van der Waals surface area contributed by atoms with Crippen LogP contribution in [0.5, 0.6) is 0 Å². The summed E-state index contributed by atoms with van der Waals surface area (Å²) >= 11 is 1.28. The highest BCUT2D eigenvalue weighted by molar-refractivity contribution is 8.02. The number of amides is 4. The van der Waals surface area contributed by atoms with Gasteiger partial charge >= 0.3 is 12.0 Å². The van der Waals surface area contributed by atoms with Crippen LogP contribution in [0.1, 0.15) is 12.8 Å². The summed E-state index contributed by atoms with van der Waals surface area (Å²) in [6.45, 7) is 0.119. The topological polar surface area (TPSA) is 96.0 Å². The van der Waals surface area contributed by atoms with Gasteiger partial charge in [-0.1, -0.05) is 23.9 Å². The molecule has 0 saturated carbocycles. The second-order valence-corrected chi connectivity index (χ2v) is 7.26. The maximum atomic E-state index is 12.8. The normalized spacial score (nSPS) is 24.2. The molecule has 0 radical (unpaired) electrons. The van der Waals surface area contributed by atoms with Crippen molar-refractivity contribution in [3.05, 3.63) is 24.3 Å². The van der Waals surface area contributed by atoms with Gasteiger partial charge in [0.05, 0.1) is 5.69 Å². The summed E-state index contributed by atoms with van der Waals surface area (Å²) in [6, 6.07) is 6.80. The number of rotatable bonds is 3. The van der Waals surface area contributed by atoms with Gasteiger partial charge in [0.15, 0.2) is 11.5 Å². The number of nitrogens with one attached hydrogen (secondary N) is 1. The van der Waals surface area contributed by atoms with Crippen molar-refractivity contribution in [2.45, 2.75) is 22.6 Å². The van der Waals surface area contributed by atoms with E-state index in [1.165, 1.54) is 16.7 Å². The molecular weight excluding hydrogens is 346 g/mol. The molecule has 130 valence electrons. The molecule has 1 N–H and O–H groups in total. The number of fused-ring (bicyclic) bond motifs is 3. The Morgan fingerprint density at radius 3 is 2.84 bits per heavy atom. The minimum Gasteiger partial charge on any atom is -0.453 e. The van der Waals surface area contributed by atoms with Crippen molar-refractivity contribution in [2.24, 2.45) is 0 Å². The van der Waals surface area contributed by atoms with Crippen LogP contribution >= 0.6 is 11.8 Å². The van der Waals surface area contributed by atoms with E-state index < -0.39 is 29.4 Å². The lowest BCUT2D eigenvalue weighted by Gasteiger charge is -2.28. The van der Waals surface area contributed by atoms with Crippen molar-refractivity contribution < 1.29 is 23.9 Å². The molecule has 0 aromatic heterocycles. The molecule has 3 aliphatic heterocycles. The van der Waals surface area contributed by atoms with Crippen LogP contribution in [0.25, 0.3) is 0 Å². The average molecular weight is 361 g/mol. The molecule has 4 amide bonds. The number of benzene rings is 1. The van der Waals surface area contributed by atoms with E-state index in [0.717, 1.165) is 9.80 Å². The molecule has 3 heterocycles. The predicted octanol–water partition coefficient (Wildman–Crippen LogP) is 0.710. The summed E-state index contributed by atoms with van der Waals surface area (Å²) in [5.74, 6) is -1.34. The minimum atomic E-state index is -1.16. The number of anilines is 1. The molecule has 4 rings (SSSR count). The van der Waals surface area contributed by atoms with E-state index in [2.05, 4.69) is 5.32 Å². The van der Waals surface area contributed by atoms with Crippen LogP contribution in [-0.2, 0) is 19.1 Å². The van der Waals surface area contributed by atoms with Crippen LogP contribution < -0.4 is 10.2 Å². The number of thioether (sulfide) groups is 1. The maximum absolute atomic E-state index is 12.8. The van der Waals surface area contributed by atoms with Gasteiger partial charge in [-0.15, -0.1) is 0 Å². The fourth-order valence-corrected chi connectivity index (χ4v) is 4.71. The van der Waals surface area contributed by atoms with Gasteiger partial charge in [0.1, 0.15) is 0 Å². The summed E-state index contributed by atoms with van der Waals surface area (Å²) in [4.78, 5) is 50.7. The SMILES string of the molecule is O=C(COC(=O)[C@]12CCC(=O)N1c1ccccc1S2)N1CCNC1=O. The molecule has 0 bridgehead atoms. The summed E-state index contributed by atoms with van der Waals surface area (Å²) in [5.41, 5.74) is 0.692. The van der Waals surface area contributed by atoms with Crippen LogP contribution in [-0.4, -0.2) is 53.3 Å². The second kappa shape index (κ2) is 5.76. The Hall–Kier alpha value is -2.55. The fraction of sp³-hybridized carbons (Fsp3) is 0.375. The highest BCUT2D eigenvalue weighted by Crippen LogP contribution is 2.56. The first-order valence-corrected chi connectivity index (χ1v) is 8.71. The third kappa shape index (κ3) is 2.38. The number of hydrogen-bond acceptors (Lipinski definition) is 6. The first-order chi connectivity index (χ1) is 12.0. The van der Waals surface area contributed by atoms with Gasteiger partial charge in [-0.25, -0.2) is 9.59 Å². The zero-order valence-electron chi connectivity index (χ0n) is 13.2. The summed E-state index contributed by atoms with van der Waals surface area (Å²) in [6.07, 6.45) is 0.571. The Balaban J connectivity index is 1.51. The molecule has 2 saturated heterocycles. The third-order valence-corrected chi connectivity index (χ3v) is 5.93. The number of ether oxygens (including phenoxy) is 1. The Bertz CT molecular complexity index is 798. The van der Waals surface area contributed by atoms with E-state index in [1.54, 1.807) is 6.07 Å². The van der Waals surface area contributed by atoms with Gasteiger partial charge in [-0.3, -0.25) is 19.4 Å². The van der Waals surface area contributed by atoms with Crippen molar-refractivity contribution in [1.82, 2.24) is 10.2 Å². The largest absolute Gasteiger partial charge is 0.453 e. The van der Waals surface area contributed by atoms with E-state index in [0.29, 0.717) is 18.7 Å². The van der Waals surface area contributed by atoms with Gasteiger partial charge in [0.25, 0.3) is 5.91 Å². The number of carbonyl (C=O) groups excluding carboxylic acids is 4. The molecule has 3 aliphatic rings. The summed E-state index contributed by atoms with van der Waals surface area (Å²) < 4.78 is 5.21. The molecule has 0 spiro atoms. The monoisotopic (exact) mass is 361 g/mol. The Morgan fingerprint density at radius 2 is 2.08 bits per heavy atom. The molecule has 8 nitrogen and oxygen atoms in total. The molecular formula is C16H15N3O5S. The number of esters is 1. The van der Waals surface area contributed by atoms with E-state index in [1.807, 2.05) is 18.2 Å². The predicted molar refractivity (Wildman–Crippen MR) is 87.8 cm³/mol. The number of imide groups is 1. The molecule has 1 aromatic carbocycles. The maximum Gasteiger partial charge on any atom is 0.344 e. The minimum absolute atomic E-state index is 0.139. The molecule has 0 unspecified atom stereocenters. The van der Waals surface area contributed by atoms with Crippen molar-refractivity contribution >= 4 is 41.3 Å². The average Bonchev–Trinajstić information content (AvgIpc) is 3.26. The number of hydrogen-bond donors (Lipinski definition) is 1. The van der Waals surface area contributed by atoms with Gasteiger partial charge in [0.2, 0.25) is 5.91 Å². The lowest BCUT2D eigenvalue weighted by molar-refractivity contribution is -0.152. The molecule has 9 heteroatoms. The molecule has 25 heavy (non-hydrogen) atoms. The second-order valence-electron chi connectivity index (χ2n) is 5.94. The lowest BCUT2D eigenvalue weighted by atomic mass is 10.2. The molecule has 1 aromatic rings. The van der Waals surface area contributed by atoms with E-state index in [-0.39, 0.29) is 18.9 Å². The highest BCUT2D eigenvalue weighted by Gasteiger charge is 2.58. The zero-order chi connectivity index (χ0) is 17.6. The van der Waals surface area contributed by atoms with Crippen LogP contribution in [0.15, 0.2) is 29.2 Å². The van der Waals surface area contributed by atoms with Crippen molar-refractivity contribution in [3.8, 4) is 0 Å². The van der Waals surface area contributed by atoms with Crippen LogP contribution in [0.3, 0.4) is 0 Å². The number of para-hydroxylation sites is 1. The number of carbonyl (C=O) groups is 4. The summed E-state index contributed by atoms with van der Waals surface area (Å²) in [7, 11) is 0. The highest BCUT2D eigenvalue weighted by atomic mass is 32.2. The zero-order valence-corrected chi connectivity index (χ0v) is 14.0. The Morgan fingerprint density at radius 1 is 1.28 bits per heavy atom. The molecule has 0 aliphatic carbocycles. The van der Waals surface area contributed by atoms with E-state index >= 15 is 0 Å². The Kier molecular flexibility index (Phi) is 3.68. The van der Waals surface area contributed by atoms with E-state index in [9.17, 15) is 19.2 Å². The van der Waals surface area contributed by atoms with Gasteiger partial charge in [0, 0.05) is 30.8 Å². The van der Waals surface area contributed by atoms with Gasteiger partial charge in [-0.2, -0.15) is 0 Å². The smallest absolute Gasteiger partial charge is 0.344 e. The Labute approximate surface area is 147 Å². The van der Waals surface area contributed by atoms with Crippen molar-refractivity contribution in [2.75, 3.05) is 24.6 Å². The van der Waals surface area contributed by atoms with Gasteiger partial charge < -0.3 is 10.1 Å². The quantitative estimate of drug-likeness (QED) is 0.797. The lowest BCUT2D eigenvalue weighted by Crippen LogP contribution is -2.48. The van der Waals surface area contributed by atoms with E-state index in [4.69, 9.17) is 4.74 Å². The van der Waals surface area contributed by atoms with Crippen LogP contribution in [0, 0.1) is 0 Å².